The Morgan fingerprint density at radius 3 is 2.30 bits per heavy atom. The van der Waals surface area contributed by atoms with Crippen molar-refractivity contribution in [2.75, 3.05) is 27.8 Å². The first-order valence-corrected chi connectivity index (χ1v) is 19.8. The van der Waals surface area contributed by atoms with E-state index in [1.54, 1.807) is 33.8 Å². The van der Waals surface area contributed by atoms with Crippen LogP contribution in [0, 0.1) is 23.7 Å². The number of methoxy groups -OCH3 is 1. The number of para-hydroxylation sites is 1. The van der Waals surface area contributed by atoms with Gasteiger partial charge >= 0.3 is 11.9 Å². The molecule has 3 heterocycles. The van der Waals surface area contributed by atoms with Crippen molar-refractivity contribution in [2.24, 2.45) is 23.7 Å². The predicted octanol–water partition coefficient (Wildman–Crippen LogP) is 3.47. The van der Waals surface area contributed by atoms with Gasteiger partial charge in [-0.25, -0.2) is 4.79 Å². The maximum Gasteiger partial charge on any atom is 0.339 e. The van der Waals surface area contributed by atoms with E-state index in [-0.39, 0.29) is 43.6 Å². The number of fused-ring (bicyclic) bond motifs is 1. The number of hydrogen-bond acceptors (Lipinski definition) is 14. The molecule has 0 amide bonds. The van der Waals surface area contributed by atoms with E-state index in [0.29, 0.717) is 11.9 Å². The van der Waals surface area contributed by atoms with Gasteiger partial charge in [0.05, 0.1) is 59.2 Å². The third kappa shape index (κ3) is 9.73. The van der Waals surface area contributed by atoms with Crippen molar-refractivity contribution in [1.29, 1.82) is 0 Å². The van der Waals surface area contributed by atoms with Gasteiger partial charge in [-0.15, -0.1) is 0 Å². The lowest BCUT2D eigenvalue weighted by Gasteiger charge is -2.51. The topological polar surface area (TPSA) is 198 Å². The molecule has 0 radical (unpaired) electrons. The Morgan fingerprint density at radius 2 is 1.68 bits per heavy atom. The Balaban J connectivity index is 1.71. The molecule has 5 N–H and O–H groups in total. The Hall–Kier alpha value is -2.79. The summed E-state index contributed by atoms with van der Waals surface area (Å²) in [6, 6.07) is 8.71. The van der Waals surface area contributed by atoms with Gasteiger partial charge in [0.2, 0.25) is 0 Å². The number of likely N-dealkylation sites (N-methyl/N-ethyl adjacent to an activating group) is 1. The average molecular weight is 791 g/mol. The second kappa shape index (κ2) is 18.4. The lowest BCUT2D eigenvalue weighted by molar-refractivity contribution is -0.303. The van der Waals surface area contributed by atoms with Crippen molar-refractivity contribution in [1.82, 2.24) is 9.88 Å². The fraction of sp³-hybridized carbons (Fsp3) is 0.738. The number of carbonyl (C=O) groups is 2. The quantitative estimate of drug-likeness (QED) is 0.232. The summed E-state index contributed by atoms with van der Waals surface area (Å²) in [6.45, 7) is 12.9. The fourth-order valence-corrected chi connectivity index (χ4v) is 9.05. The van der Waals surface area contributed by atoms with Crippen molar-refractivity contribution in [3.05, 3.63) is 42.1 Å². The largest absolute Gasteiger partial charge is 0.462 e. The molecule has 14 nitrogen and oxygen atoms in total. The summed E-state index contributed by atoms with van der Waals surface area (Å²) < 4.78 is 30.5. The van der Waals surface area contributed by atoms with Crippen molar-refractivity contribution >= 4 is 22.8 Å². The molecule has 2 unspecified atom stereocenters. The van der Waals surface area contributed by atoms with Gasteiger partial charge in [0, 0.05) is 36.6 Å². The summed E-state index contributed by atoms with van der Waals surface area (Å²) in [5.41, 5.74) is -4.38. The molecule has 14 heteroatoms. The van der Waals surface area contributed by atoms with Crippen LogP contribution in [-0.4, -0.2) is 141 Å². The smallest absolute Gasteiger partial charge is 0.339 e. The van der Waals surface area contributed by atoms with Crippen molar-refractivity contribution in [2.45, 2.75) is 147 Å². The molecule has 0 saturated carbocycles. The number of carbonyl (C=O) groups excluding carboxylic acids is 2. The molecule has 0 bridgehead atoms. The number of esters is 2. The van der Waals surface area contributed by atoms with E-state index in [4.69, 9.17) is 23.7 Å². The van der Waals surface area contributed by atoms with E-state index < -0.39 is 89.2 Å². The average Bonchev–Trinajstić information content (AvgIpc) is 3.16. The number of benzene rings is 1. The second-order valence-electron chi connectivity index (χ2n) is 17.1. The van der Waals surface area contributed by atoms with E-state index in [1.807, 2.05) is 50.2 Å². The zero-order valence-electron chi connectivity index (χ0n) is 34.9. The molecular formula is C42H66N2O12. The highest BCUT2D eigenvalue weighted by Gasteiger charge is 2.56. The molecule has 2 aliphatic heterocycles. The molecule has 56 heavy (non-hydrogen) atoms. The number of rotatable bonds is 9. The number of aliphatic hydroxyl groups excluding tert-OH is 3. The molecule has 0 aliphatic carbocycles. The molecule has 0 spiro atoms. The van der Waals surface area contributed by atoms with Gasteiger partial charge in [0.1, 0.15) is 17.8 Å². The first kappa shape index (κ1) is 45.9. The summed E-state index contributed by atoms with van der Waals surface area (Å²) in [4.78, 5) is 33.3. The Bertz CT molecular complexity index is 1620. The third-order valence-electron chi connectivity index (χ3n) is 12.5. The summed E-state index contributed by atoms with van der Waals surface area (Å²) in [5, 5.41) is 60.8. The zero-order valence-corrected chi connectivity index (χ0v) is 34.9. The highest BCUT2D eigenvalue weighted by molar-refractivity contribution is 5.93. The van der Waals surface area contributed by atoms with Crippen LogP contribution >= 0.6 is 0 Å². The van der Waals surface area contributed by atoms with Crippen LogP contribution in [-0.2, 0) is 28.5 Å². The minimum absolute atomic E-state index is 0.0624. The molecule has 4 rings (SSSR count). The minimum atomic E-state index is -2.05. The van der Waals surface area contributed by atoms with Gasteiger partial charge < -0.3 is 54.1 Å². The highest BCUT2D eigenvalue weighted by Crippen LogP contribution is 2.44. The third-order valence-corrected chi connectivity index (χ3v) is 12.5. The molecule has 15 atom stereocenters. The van der Waals surface area contributed by atoms with Gasteiger partial charge in [-0.3, -0.25) is 9.78 Å². The number of ether oxygens (including phenoxy) is 5. The first-order chi connectivity index (χ1) is 26.1. The standard InChI is InChI=1S/C42H66N2O12/c1-12-32-41(7,50)31(17-18-53-38(49)28-20-27-15-13-14-16-29(27)43-22-28)42(8,51)35(47)23(2)21-40(6,52-11)36(25(4)33(45)26(5)37(48)55-32)56-39-34(46)30(44(9)10)19-24(3)54-39/h13-16,20,22-26,30-36,39,45-47,50-51H,12,17-19,21H2,1-11H3/t23-,24-,25+,26-,30+,31+,32-,33+,34-,35?,36-,39+,40-,41+,42?/m1/s1. The molecular weight excluding hydrogens is 724 g/mol. The number of aromatic nitrogens is 1. The molecule has 2 saturated heterocycles. The molecule has 316 valence electrons. The van der Waals surface area contributed by atoms with E-state index >= 15 is 0 Å². The minimum Gasteiger partial charge on any atom is -0.462 e. The van der Waals surface area contributed by atoms with E-state index in [1.165, 1.54) is 34.1 Å². The summed E-state index contributed by atoms with van der Waals surface area (Å²) in [5.74, 6) is -5.34. The van der Waals surface area contributed by atoms with Crippen LogP contribution < -0.4 is 0 Å². The van der Waals surface area contributed by atoms with Gasteiger partial charge in [-0.2, -0.15) is 0 Å². The number of nitrogens with zero attached hydrogens (tertiary/aromatic N) is 2. The summed E-state index contributed by atoms with van der Waals surface area (Å²) in [7, 11) is 5.19. The monoisotopic (exact) mass is 790 g/mol. The lowest BCUT2D eigenvalue weighted by atomic mass is 9.66. The van der Waals surface area contributed by atoms with Gasteiger partial charge in [0.25, 0.3) is 0 Å². The van der Waals surface area contributed by atoms with Crippen molar-refractivity contribution in [3.8, 4) is 0 Å². The van der Waals surface area contributed by atoms with Gasteiger partial charge in [0.15, 0.2) is 6.29 Å². The predicted molar refractivity (Wildman–Crippen MR) is 208 cm³/mol. The fourth-order valence-electron chi connectivity index (χ4n) is 9.05. The number of cyclic esters (lactones) is 1. The maximum absolute atomic E-state index is 13.9. The van der Waals surface area contributed by atoms with Crippen LogP contribution in [0.15, 0.2) is 36.5 Å². The van der Waals surface area contributed by atoms with E-state index in [2.05, 4.69) is 4.98 Å². The maximum atomic E-state index is 13.9. The zero-order chi connectivity index (χ0) is 41.9. The van der Waals surface area contributed by atoms with Crippen molar-refractivity contribution in [3.63, 3.8) is 0 Å². The van der Waals surface area contributed by atoms with Crippen LogP contribution in [0.3, 0.4) is 0 Å². The molecule has 1 aromatic carbocycles. The Labute approximate surface area is 331 Å². The van der Waals surface area contributed by atoms with Crippen LogP contribution in [0.5, 0.6) is 0 Å². The van der Waals surface area contributed by atoms with Crippen molar-refractivity contribution < 1.29 is 58.8 Å². The molecule has 2 fully saturated rings. The highest BCUT2D eigenvalue weighted by atomic mass is 16.7. The Kier molecular flexibility index (Phi) is 15.1. The SMILES string of the molecule is CC[C@H]1OC(=O)[C@H](C)[C@@H](O)[C@H](C)[C@@H](O[C@@H]2O[C@H](C)C[C@H](N(C)C)[C@H]2O)[C@](C)(OC)C[C@@H](C)C(O)C(C)(O)[C@@H](CCOC(=O)c2cnc3ccccc3c2)[C@]1(C)O. The lowest BCUT2D eigenvalue weighted by Crippen LogP contribution is -2.63. The molecule has 1 aromatic heterocycles. The van der Waals surface area contributed by atoms with Crippen LogP contribution in [0.25, 0.3) is 10.9 Å². The summed E-state index contributed by atoms with van der Waals surface area (Å²) >= 11 is 0. The van der Waals surface area contributed by atoms with E-state index in [9.17, 15) is 35.1 Å². The van der Waals surface area contributed by atoms with E-state index in [0.717, 1.165) is 5.39 Å². The number of aliphatic hydroxyl groups is 5. The van der Waals surface area contributed by atoms with Crippen LogP contribution in [0.2, 0.25) is 0 Å². The second-order valence-corrected chi connectivity index (χ2v) is 17.1. The number of hydrogen-bond donors (Lipinski definition) is 5. The van der Waals surface area contributed by atoms with Gasteiger partial charge in [-0.1, -0.05) is 39.0 Å². The normalized spacial score (nSPS) is 40.6. The molecule has 2 aliphatic rings. The van der Waals surface area contributed by atoms with Crippen LogP contribution in [0.1, 0.15) is 91.4 Å². The molecule has 2 aromatic rings. The summed E-state index contributed by atoms with van der Waals surface area (Å²) in [6.07, 6.45) is -5.51. The van der Waals surface area contributed by atoms with Crippen LogP contribution in [0.4, 0.5) is 0 Å². The van der Waals surface area contributed by atoms with Gasteiger partial charge in [-0.05, 0) is 92.4 Å². The number of pyridine rings is 1. The first-order valence-electron chi connectivity index (χ1n) is 19.8. The Morgan fingerprint density at radius 1 is 1.02 bits per heavy atom.